The van der Waals surface area contributed by atoms with Gasteiger partial charge < -0.3 is 14.2 Å². The van der Waals surface area contributed by atoms with Crippen LogP contribution in [0.4, 0.5) is 4.39 Å². The fourth-order valence-corrected chi connectivity index (χ4v) is 2.99. The Kier molecular flexibility index (Phi) is 7.20. The first-order valence-corrected chi connectivity index (χ1v) is 8.64. The van der Waals surface area contributed by atoms with Gasteiger partial charge in [0, 0.05) is 26.7 Å². The van der Waals surface area contributed by atoms with E-state index in [1.54, 1.807) is 24.4 Å². The summed E-state index contributed by atoms with van der Waals surface area (Å²) in [5.41, 5.74) is 0.776. The zero-order valence-corrected chi connectivity index (χ0v) is 14.6. The first-order valence-electron chi connectivity index (χ1n) is 7.65. The van der Waals surface area contributed by atoms with E-state index in [0.29, 0.717) is 31.4 Å². The van der Waals surface area contributed by atoms with E-state index in [0.717, 1.165) is 5.56 Å². The summed E-state index contributed by atoms with van der Waals surface area (Å²) in [7, 11) is 1.63. The standard InChI is InChI=1S/C16H21FN4O2S/c1-3-20(10-13-5-4-6-14(17)9-13)15(22)11-24-16-19-18-12-21(16)7-8-23-2/h4-6,9,12H,3,7-8,10-11H2,1-2H3. The molecule has 0 fully saturated rings. The average Bonchev–Trinajstić information content (AvgIpc) is 3.03. The summed E-state index contributed by atoms with van der Waals surface area (Å²) < 4.78 is 20.2. The van der Waals surface area contributed by atoms with Gasteiger partial charge in [-0.05, 0) is 24.6 Å². The number of methoxy groups -OCH3 is 1. The zero-order valence-electron chi connectivity index (χ0n) is 13.8. The van der Waals surface area contributed by atoms with Gasteiger partial charge in [-0.3, -0.25) is 4.79 Å². The lowest BCUT2D eigenvalue weighted by molar-refractivity contribution is -0.128. The Morgan fingerprint density at radius 2 is 2.29 bits per heavy atom. The highest BCUT2D eigenvalue weighted by Gasteiger charge is 2.15. The number of carbonyl (C=O) groups is 1. The Balaban J connectivity index is 1.91. The number of hydrogen-bond acceptors (Lipinski definition) is 5. The zero-order chi connectivity index (χ0) is 17.4. The smallest absolute Gasteiger partial charge is 0.233 e. The lowest BCUT2D eigenvalue weighted by atomic mass is 10.2. The van der Waals surface area contributed by atoms with Crippen LogP contribution in [0.2, 0.25) is 0 Å². The molecule has 1 heterocycles. The van der Waals surface area contributed by atoms with Gasteiger partial charge in [-0.25, -0.2) is 4.39 Å². The summed E-state index contributed by atoms with van der Waals surface area (Å²) in [6, 6.07) is 6.30. The number of rotatable bonds is 9. The Labute approximate surface area is 145 Å². The van der Waals surface area contributed by atoms with E-state index < -0.39 is 0 Å². The topological polar surface area (TPSA) is 60.2 Å². The third-order valence-corrected chi connectivity index (χ3v) is 4.40. The van der Waals surface area contributed by atoms with Gasteiger partial charge in [0.1, 0.15) is 12.1 Å². The minimum atomic E-state index is -0.295. The average molecular weight is 352 g/mol. The summed E-state index contributed by atoms with van der Waals surface area (Å²) in [4.78, 5) is 14.1. The highest BCUT2D eigenvalue weighted by atomic mass is 32.2. The van der Waals surface area contributed by atoms with Crippen LogP contribution in [0.1, 0.15) is 12.5 Å². The van der Waals surface area contributed by atoms with Crippen LogP contribution < -0.4 is 0 Å². The van der Waals surface area contributed by atoms with Crippen molar-refractivity contribution in [3.05, 3.63) is 42.0 Å². The second-order valence-electron chi connectivity index (χ2n) is 5.13. The van der Waals surface area contributed by atoms with Crippen molar-refractivity contribution in [2.45, 2.75) is 25.2 Å². The van der Waals surface area contributed by atoms with Crippen molar-refractivity contribution in [3.63, 3.8) is 0 Å². The van der Waals surface area contributed by atoms with E-state index in [1.165, 1.54) is 23.9 Å². The summed E-state index contributed by atoms with van der Waals surface area (Å²) in [5.74, 6) is -0.0564. The largest absolute Gasteiger partial charge is 0.383 e. The number of ether oxygens (including phenoxy) is 1. The third-order valence-electron chi connectivity index (χ3n) is 3.44. The lowest BCUT2D eigenvalue weighted by Crippen LogP contribution is -2.31. The summed E-state index contributed by atoms with van der Waals surface area (Å²) in [5, 5.41) is 8.57. The van der Waals surface area contributed by atoms with Crippen LogP contribution in [0, 0.1) is 5.82 Å². The van der Waals surface area contributed by atoms with E-state index in [9.17, 15) is 9.18 Å². The van der Waals surface area contributed by atoms with E-state index in [-0.39, 0.29) is 17.5 Å². The van der Waals surface area contributed by atoms with Crippen LogP contribution in [0.15, 0.2) is 35.7 Å². The van der Waals surface area contributed by atoms with Crippen LogP contribution in [0.3, 0.4) is 0 Å². The number of hydrogen-bond donors (Lipinski definition) is 0. The fraction of sp³-hybridized carbons (Fsp3) is 0.438. The first kappa shape index (κ1) is 18.4. The molecule has 8 heteroatoms. The molecule has 2 aromatic rings. The maximum Gasteiger partial charge on any atom is 0.233 e. The van der Waals surface area contributed by atoms with Gasteiger partial charge in [-0.1, -0.05) is 23.9 Å². The molecule has 130 valence electrons. The molecule has 0 atom stereocenters. The van der Waals surface area contributed by atoms with E-state index in [2.05, 4.69) is 10.2 Å². The molecule has 0 saturated carbocycles. The Morgan fingerprint density at radius 1 is 1.46 bits per heavy atom. The second kappa shape index (κ2) is 9.39. The van der Waals surface area contributed by atoms with Gasteiger partial charge in [-0.2, -0.15) is 0 Å². The molecule has 0 radical (unpaired) electrons. The number of amides is 1. The molecule has 1 amide bonds. The van der Waals surface area contributed by atoms with Gasteiger partial charge in [-0.15, -0.1) is 10.2 Å². The SMILES string of the molecule is CCN(Cc1cccc(F)c1)C(=O)CSc1nncn1CCOC. The molecular weight excluding hydrogens is 331 g/mol. The normalized spacial score (nSPS) is 10.8. The van der Waals surface area contributed by atoms with Gasteiger partial charge >= 0.3 is 0 Å². The van der Waals surface area contributed by atoms with Gasteiger partial charge in [0.15, 0.2) is 5.16 Å². The lowest BCUT2D eigenvalue weighted by Gasteiger charge is -2.20. The number of aromatic nitrogens is 3. The van der Waals surface area contributed by atoms with Crippen LogP contribution in [-0.2, 0) is 22.6 Å². The summed E-state index contributed by atoms with van der Waals surface area (Å²) in [6.07, 6.45) is 1.62. The molecule has 1 aromatic carbocycles. The minimum absolute atomic E-state index is 0.0203. The predicted molar refractivity (Wildman–Crippen MR) is 90.1 cm³/mol. The molecule has 0 aliphatic rings. The van der Waals surface area contributed by atoms with Crippen molar-refractivity contribution in [2.75, 3.05) is 26.0 Å². The van der Waals surface area contributed by atoms with Gasteiger partial charge in [0.2, 0.25) is 5.91 Å². The first-order chi connectivity index (χ1) is 11.6. The monoisotopic (exact) mass is 352 g/mol. The summed E-state index contributed by atoms with van der Waals surface area (Å²) in [6.45, 7) is 4.06. The molecule has 0 aliphatic carbocycles. The Bertz CT molecular complexity index is 665. The fourth-order valence-electron chi connectivity index (χ4n) is 2.15. The predicted octanol–water partition coefficient (Wildman–Crippen LogP) is 2.20. The maximum atomic E-state index is 13.3. The number of nitrogens with zero attached hydrogens (tertiary/aromatic N) is 4. The molecular formula is C16H21FN4O2S. The van der Waals surface area contributed by atoms with Crippen molar-refractivity contribution in [1.29, 1.82) is 0 Å². The van der Waals surface area contributed by atoms with Gasteiger partial charge in [0.05, 0.1) is 12.4 Å². The highest BCUT2D eigenvalue weighted by Crippen LogP contribution is 2.16. The molecule has 0 bridgehead atoms. The molecule has 0 N–H and O–H groups in total. The van der Waals surface area contributed by atoms with E-state index >= 15 is 0 Å². The molecule has 0 saturated heterocycles. The maximum absolute atomic E-state index is 13.3. The number of benzene rings is 1. The number of carbonyl (C=O) groups excluding carboxylic acids is 1. The van der Waals surface area contributed by atoms with Crippen LogP contribution in [0.25, 0.3) is 0 Å². The molecule has 1 aromatic heterocycles. The third kappa shape index (κ3) is 5.31. The molecule has 0 aliphatic heterocycles. The Hall–Kier alpha value is -1.93. The highest BCUT2D eigenvalue weighted by molar-refractivity contribution is 7.99. The number of thioether (sulfide) groups is 1. The molecule has 2 rings (SSSR count). The number of halogens is 1. The van der Waals surface area contributed by atoms with Crippen molar-refractivity contribution in [2.24, 2.45) is 0 Å². The van der Waals surface area contributed by atoms with Crippen LogP contribution in [-0.4, -0.2) is 51.6 Å². The molecule has 6 nitrogen and oxygen atoms in total. The summed E-state index contributed by atoms with van der Waals surface area (Å²) >= 11 is 1.34. The van der Waals surface area contributed by atoms with Crippen LogP contribution in [0.5, 0.6) is 0 Å². The van der Waals surface area contributed by atoms with Crippen molar-refractivity contribution < 1.29 is 13.9 Å². The van der Waals surface area contributed by atoms with E-state index in [1.807, 2.05) is 17.6 Å². The van der Waals surface area contributed by atoms with Gasteiger partial charge in [0.25, 0.3) is 0 Å². The van der Waals surface area contributed by atoms with E-state index in [4.69, 9.17) is 4.74 Å². The van der Waals surface area contributed by atoms with Crippen molar-refractivity contribution in [1.82, 2.24) is 19.7 Å². The van der Waals surface area contributed by atoms with Crippen LogP contribution >= 0.6 is 11.8 Å². The van der Waals surface area contributed by atoms with Crippen molar-refractivity contribution >= 4 is 17.7 Å². The molecule has 0 unspecified atom stereocenters. The quantitative estimate of drug-likeness (QED) is 0.648. The second-order valence-corrected chi connectivity index (χ2v) is 6.07. The Morgan fingerprint density at radius 3 is 3.00 bits per heavy atom. The molecule has 0 spiro atoms. The molecule has 24 heavy (non-hydrogen) atoms. The van der Waals surface area contributed by atoms with Crippen molar-refractivity contribution in [3.8, 4) is 0 Å². The minimum Gasteiger partial charge on any atom is -0.383 e.